The van der Waals surface area contributed by atoms with Crippen LogP contribution in [0.25, 0.3) is 6.08 Å². The standard InChI is InChI=1S/C19H21N3O3S2/c1-13(2)15-6-3-14(4-7-15)5-12-18(23)22-19(26)21-16-8-10-17(11-9-16)27(20,24)25/h3-13H,1-2H3,(H2,20,24,25)(H2,21,22,23,26). The predicted octanol–water partition coefficient (Wildman–Crippen LogP) is 2.98. The first-order valence-corrected chi connectivity index (χ1v) is 10.1. The quantitative estimate of drug-likeness (QED) is 0.526. The SMILES string of the molecule is CC(C)c1ccc(C=CC(=O)NC(=S)Nc2ccc(S(N)(=O)=O)cc2)cc1. The molecule has 27 heavy (non-hydrogen) atoms. The van der Waals surface area contributed by atoms with Crippen molar-refractivity contribution in [2.75, 3.05) is 5.32 Å². The number of hydrogen-bond donors (Lipinski definition) is 3. The first kappa shape index (κ1) is 20.8. The van der Waals surface area contributed by atoms with Crippen LogP contribution in [-0.2, 0) is 14.8 Å². The zero-order valence-electron chi connectivity index (χ0n) is 15.0. The summed E-state index contributed by atoms with van der Waals surface area (Å²) in [5.41, 5.74) is 2.67. The average Bonchev–Trinajstić information content (AvgIpc) is 2.60. The molecule has 4 N–H and O–H groups in total. The van der Waals surface area contributed by atoms with Gasteiger partial charge in [-0.05, 0) is 59.6 Å². The van der Waals surface area contributed by atoms with Gasteiger partial charge >= 0.3 is 0 Å². The number of hydrogen-bond acceptors (Lipinski definition) is 4. The molecule has 0 unspecified atom stereocenters. The minimum atomic E-state index is -3.75. The molecule has 0 fully saturated rings. The zero-order valence-corrected chi connectivity index (χ0v) is 16.6. The fourth-order valence-corrected chi connectivity index (χ4v) is 2.94. The van der Waals surface area contributed by atoms with Crippen molar-refractivity contribution in [3.63, 3.8) is 0 Å². The minimum absolute atomic E-state index is 0.00516. The van der Waals surface area contributed by atoms with Gasteiger partial charge in [-0.3, -0.25) is 10.1 Å². The first-order chi connectivity index (χ1) is 12.6. The summed E-state index contributed by atoms with van der Waals surface area (Å²) in [7, 11) is -3.75. The Bertz CT molecular complexity index is 949. The van der Waals surface area contributed by atoms with Gasteiger partial charge in [-0.1, -0.05) is 38.1 Å². The largest absolute Gasteiger partial charge is 0.332 e. The molecular weight excluding hydrogens is 382 g/mol. The number of primary sulfonamides is 1. The lowest BCUT2D eigenvalue weighted by Gasteiger charge is -2.08. The molecule has 2 rings (SSSR count). The summed E-state index contributed by atoms with van der Waals surface area (Å²) in [4.78, 5) is 12.0. The highest BCUT2D eigenvalue weighted by molar-refractivity contribution is 7.89. The van der Waals surface area contributed by atoms with Gasteiger partial charge in [-0.25, -0.2) is 13.6 Å². The molecular formula is C19H21N3O3S2. The number of sulfonamides is 1. The van der Waals surface area contributed by atoms with Gasteiger partial charge in [-0.2, -0.15) is 0 Å². The molecule has 8 heteroatoms. The van der Waals surface area contributed by atoms with Crippen LogP contribution in [0.3, 0.4) is 0 Å². The van der Waals surface area contributed by atoms with E-state index in [1.807, 2.05) is 24.3 Å². The highest BCUT2D eigenvalue weighted by Crippen LogP contribution is 2.15. The third kappa shape index (κ3) is 6.59. The molecule has 0 spiro atoms. The molecule has 0 heterocycles. The summed E-state index contributed by atoms with van der Waals surface area (Å²) < 4.78 is 22.4. The highest BCUT2D eigenvalue weighted by Gasteiger charge is 2.07. The zero-order chi connectivity index (χ0) is 20.0. The van der Waals surface area contributed by atoms with Crippen molar-refractivity contribution in [1.82, 2.24) is 5.32 Å². The molecule has 0 aliphatic heterocycles. The number of nitrogens with one attached hydrogen (secondary N) is 2. The maximum absolute atomic E-state index is 12.0. The van der Waals surface area contributed by atoms with E-state index in [1.165, 1.54) is 35.9 Å². The summed E-state index contributed by atoms with van der Waals surface area (Å²) in [5.74, 6) is 0.0791. The van der Waals surface area contributed by atoms with E-state index in [2.05, 4.69) is 24.5 Å². The van der Waals surface area contributed by atoms with Crippen molar-refractivity contribution in [2.45, 2.75) is 24.7 Å². The average molecular weight is 404 g/mol. The normalized spacial score (nSPS) is 11.6. The molecule has 2 aromatic rings. The van der Waals surface area contributed by atoms with E-state index < -0.39 is 10.0 Å². The minimum Gasteiger partial charge on any atom is -0.332 e. The van der Waals surface area contributed by atoms with Crippen molar-refractivity contribution in [1.29, 1.82) is 0 Å². The second-order valence-electron chi connectivity index (χ2n) is 6.17. The summed E-state index contributed by atoms with van der Waals surface area (Å²) in [6, 6.07) is 13.7. The topological polar surface area (TPSA) is 101 Å². The van der Waals surface area contributed by atoms with Gasteiger partial charge in [0.25, 0.3) is 0 Å². The molecule has 6 nitrogen and oxygen atoms in total. The van der Waals surface area contributed by atoms with Crippen molar-refractivity contribution in [3.05, 3.63) is 65.7 Å². The summed E-state index contributed by atoms with van der Waals surface area (Å²) in [5, 5.41) is 10.5. The number of benzene rings is 2. The van der Waals surface area contributed by atoms with Crippen LogP contribution in [0.2, 0.25) is 0 Å². The van der Waals surface area contributed by atoms with Crippen LogP contribution < -0.4 is 15.8 Å². The lowest BCUT2D eigenvalue weighted by Crippen LogP contribution is -2.32. The molecule has 0 bridgehead atoms. The third-order valence-electron chi connectivity index (χ3n) is 3.71. The van der Waals surface area contributed by atoms with Crippen LogP contribution in [-0.4, -0.2) is 19.4 Å². The number of anilines is 1. The fraction of sp³-hybridized carbons (Fsp3) is 0.158. The molecule has 0 saturated heterocycles. The van der Waals surface area contributed by atoms with Crippen LogP contribution >= 0.6 is 12.2 Å². The smallest absolute Gasteiger partial charge is 0.250 e. The Labute approximate surface area is 164 Å². The lowest BCUT2D eigenvalue weighted by molar-refractivity contribution is -0.115. The monoisotopic (exact) mass is 403 g/mol. The van der Waals surface area contributed by atoms with E-state index in [1.54, 1.807) is 6.08 Å². The molecule has 2 aromatic carbocycles. The number of thiocarbonyl (C=S) groups is 1. The summed E-state index contributed by atoms with van der Waals surface area (Å²) >= 11 is 5.08. The maximum atomic E-state index is 12.0. The molecule has 0 aliphatic rings. The molecule has 0 aliphatic carbocycles. The number of amides is 1. The van der Waals surface area contributed by atoms with E-state index in [0.29, 0.717) is 11.6 Å². The van der Waals surface area contributed by atoms with Crippen LogP contribution in [0.15, 0.2) is 59.5 Å². The summed E-state index contributed by atoms with van der Waals surface area (Å²) in [6.07, 6.45) is 3.09. The number of carbonyl (C=O) groups excluding carboxylic acids is 1. The predicted molar refractivity (Wildman–Crippen MR) is 112 cm³/mol. The Kier molecular flexibility index (Phi) is 6.84. The second kappa shape index (κ2) is 8.90. The Morgan fingerprint density at radius 3 is 2.19 bits per heavy atom. The highest BCUT2D eigenvalue weighted by atomic mass is 32.2. The van der Waals surface area contributed by atoms with E-state index in [4.69, 9.17) is 17.4 Å². The molecule has 142 valence electrons. The van der Waals surface area contributed by atoms with E-state index >= 15 is 0 Å². The first-order valence-electron chi connectivity index (χ1n) is 8.18. The second-order valence-corrected chi connectivity index (χ2v) is 8.14. The van der Waals surface area contributed by atoms with Gasteiger partial charge in [-0.15, -0.1) is 0 Å². The van der Waals surface area contributed by atoms with Crippen molar-refractivity contribution >= 4 is 45.0 Å². The van der Waals surface area contributed by atoms with Gasteiger partial charge in [0.2, 0.25) is 15.9 Å². The van der Waals surface area contributed by atoms with Gasteiger partial charge < -0.3 is 5.32 Å². The Balaban J connectivity index is 1.90. The Hall–Kier alpha value is -2.55. The molecule has 0 atom stereocenters. The third-order valence-corrected chi connectivity index (χ3v) is 4.84. The van der Waals surface area contributed by atoms with Crippen LogP contribution in [0.5, 0.6) is 0 Å². The van der Waals surface area contributed by atoms with Gasteiger partial charge in [0.05, 0.1) is 4.90 Å². The van der Waals surface area contributed by atoms with E-state index in [9.17, 15) is 13.2 Å². The molecule has 0 aromatic heterocycles. The van der Waals surface area contributed by atoms with E-state index in [-0.39, 0.29) is 15.9 Å². The Morgan fingerprint density at radius 1 is 1.07 bits per heavy atom. The molecule has 1 amide bonds. The van der Waals surface area contributed by atoms with Crippen LogP contribution in [0.1, 0.15) is 30.9 Å². The van der Waals surface area contributed by atoms with Gasteiger partial charge in [0.1, 0.15) is 0 Å². The van der Waals surface area contributed by atoms with Crippen LogP contribution in [0, 0.1) is 0 Å². The molecule has 0 saturated carbocycles. The van der Waals surface area contributed by atoms with Crippen molar-refractivity contribution in [2.24, 2.45) is 5.14 Å². The maximum Gasteiger partial charge on any atom is 0.250 e. The molecule has 0 radical (unpaired) electrons. The van der Waals surface area contributed by atoms with Gasteiger partial charge in [0.15, 0.2) is 5.11 Å². The van der Waals surface area contributed by atoms with Gasteiger partial charge in [0, 0.05) is 11.8 Å². The summed E-state index contributed by atoms with van der Waals surface area (Å²) in [6.45, 7) is 4.24. The lowest BCUT2D eigenvalue weighted by atomic mass is 10.0. The van der Waals surface area contributed by atoms with Crippen molar-refractivity contribution in [3.8, 4) is 0 Å². The number of nitrogens with two attached hydrogens (primary N) is 1. The van der Waals surface area contributed by atoms with E-state index in [0.717, 1.165) is 5.56 Å². The van der Waals surface area contributed by atoms with Crippen molar-refractivity contribution < 1.29 is 13.2 Å². The van der Waals surface area contributed by atoms with Crippen LogP contribution in [0.4, 0.5) is 5.69 Å². The Morgan fingerprint density at radius 2 is 1.67 bits per heavy atom. The number of carbonyl (C=O) groups is 1. The number of rotatable bonds is 5. The fourth-order valence-electron chi connectivity index (χ4n) is 2.21.